The van der Waals surface area contributed by atoms with Crippen LogP contribution in [0.15, 0.2) is 0 Å². The number of carbonyl (C=O) groups is 1. The molecule has 2 N–H and O–H groups in total. The summed E-state index contributed by atoms with van der Waals surface area (Å²) in [5.41, 5.74) is -0.0278. The van der Waals surface area contributed by atoms with Gasteiger partial charge in [-0.15, -0.1) is 0 Å². The first-order valence-corrected chi connectivity index (χ1v) is 4.85. The molecular formula is C8H12Cl2N2O. The molecule has 0 aromatic carbocycles. The van der Waals surface area contributed by atoms with Gasteiger partial charge in [0.15, 0.2) is 4.84 Å². The predicted molar refractivity (Wildman–Crippen MR) is 55.5 cm³/mol. The van der Waals surface area contributed by atoms with Gasteiger partial charge in [-0.25, -0.2) is 0 Å². The summed E-state index contributed by atoms with van der Waals surface area (Å²) >= 11 is 10.6. The number of Topliss-reactive ketones (excluding diaryl/α,β-unsaturated/α-hetero) is 1. The summed E-state index contributed by atoms with van der Waals surface area (Å²) in [5, 5.41) is 14.0. The number of nitrogens with one attached hydrogen (secondary N) is 2. The van der Waals surface area contributed by atoms with Crippen molar-refractivity contribution in [3.63, 3.8) is 0 Å². The van der Waals surface area contributed by atoms with Gasteiger partial charge in [0.1, 0.15) is 0 Å². The standard InChI is InChI=1S/C8H12Cl2N2O/c9-8(10)7(13)6(12)4-2-1-3-5-11/h5,8,11-12H,1-4H2. The number of hydrogen-bond donors (Lipinski definition) is 2. The van der Waals surface area contributed by atoms with Crippen molar-refractivity contribution in [2.75, 3.05) is 0 Å². The Morgan fingerprint density at radius 3 is 2.46 bits per heavy atom. The SMILES string of the molecule is N=CCCCCC(=N)C(=O)C(Cl)Cl. The van der Waals surface area contributed by atoms with Gasteiger partial charge in [-0.05, 0) is 31.9 Å². The third kappa shape index (κ3) is 5.77. The number of ketones is 1. The van der Waals surface area contributed by atoms with E-state index in [2.05, 4.69) is 0 Å². The van der Waals surface area contributed by atoms with Crippen molar-refractivity contribution in [3.8, 4) is 0 Å². The molecule has 0 aliphatic rings. The highest BCUT2D eigenvalue weighted by Crippen LogP contribution is 2.07. The smallest absolute Gasteiger partial charge is 0.209 e. The lowest BCUT2D eigenvalue weighted by Crippen LogP contribution is -2.19. The Kier molecular flexibility index (Phi) is 6.82. The topological polar surface area (TPSA) is 64.8 Å². The normalized spacial score (nSPS) is 10.1. The van der Waals surface area contributed by atoms with E-state index in [9.17, 15) is 4.79 Å². The Bertz CT molecular complexity index is 204. The van der Waals surface area contributed by atoms with Crippen LogP contribution >= 0.6 is 23.2 Å². The van der Waals surface area contributed by atoms with Crippen molar-refractivity contribution in [2.45, 2.75) is 30.5 Å². The summed E-state index contributed by atoms with van der Waals surface area (Å²) in [4.78, 5) is 9.86. The molecule has 0 amide bonds. The second-order valence-electron chi connectivity index (χ2n) is 2.59. The van der Waals surface area contributed by atoms with E-state index in [0.717, 1.165) is 12.8 Å². The molecule has 0 rings (SSSR count). The van der Waals surface area contributed by atoms with E-state index in [1.165, 1.54) is 6.21 Å². The Labute approximate surface area is 87.4 Å². The lowest BCUT2D eigenvalue weighted by atomic mass is 10.1. The molecule has 0 atom stereocenters. The zero-order chi connectivity index (χ0) is 10.3. The molecule has 5 heteroatoms. The quantitative estimate of drug-likeness (QED) is 0.389. The molecule has 0 unspecified atom stereocenters. The minimum absolute atomic E-state index is 0.0278. The molecule has 0 fully saturated rings. The number of rotatable bonds is 7. The fourth-order valence-corrected chi connectivity index (χ4v) is 1.07. The van der Waals surface area contributed by atoms with Crippen LogP contribution in [0, 0.1) is 10.8 Å². The highest BCUT2D eigenvalue weighted by atomic mass is 35.5. The van der Waals surface area contributed by atoms with Gasteiger partial charge in [-0.2, -0.15) is 0 Å². The molecule has 0 saturated heterocycles. The molecule has 13 heavy (non-hydrogen) atoms. The van der Waals surface area contributed by atoms with Crippen LogP contribution in [0.3, 0.4) is 0 Å². The van der Waals surface area contributed by atoms with Crippen LogP contribution in [-0.2, 0) is 4.79 Å². The first-order valence-electron chi connectivity index (χ1n) is 3.98. The summed E-state index contributed by atoms with van der Waals surface area (Å²) in [6.07, 6.45) is 3.93. The van der Waals surface area contributed by atoms with Crippen molar-refractivity contribution in [1.82, 2.24) is 0 Å². The minimum Gasteiger partial charge on any atom is -0.313 e. The molecule has 0 aliphatic carbocycles. The maximum atomic E-state index is 11.0. The van der Waals surface area contributed by atoms with E-state index < -0.39 is 10.6 Å². The number of alkyl halides is 2. The monoisotopic (exact) mass is 222 g/mol. The highest BCUT2D eigenvalue weighted by molar-refractivity contribution is 6.63. The Morgan fingerprint density at radius 2 is 2.00 bits per heavy atom. The van der Waals surface area contributed by atoms with E-state index in [1.807, 2.05) is 0 Å². The molecule has 3 nitrogen and oxygen atoms in total. The summed E-state index contributed by atoms with van der Waals surface area (Å²) in [6, 6.07) is 0. The van der Waals surface area contributed by atoms with E-state index in [-0.39, 0.29) is 5.71 Å². The molecule has 0 radical (unpaired) electrons. The van der Waals surface area contributed by atoms with Crippen LogP contribution in [0.5, 0.6) is 0 Å². The third-order valence-corrected chi connectivity index (χ3v) is 1.92. The Hall–Kier alpha value is -0.410. The molecule has 0 heterocycles. The second-order valence-corrected chi connectivity index (χ2v) is 3.69. The molecular weight excluding hydrogens is 211 g/mol. The van der Waals surface area contributed by atoms with Crippen LogP contribution in [0.1, 0.15) is 25.7 Å². The zero-order valence-corrected chi connectivity index (χ0v) is 8.66. The summed E-state index contributed by atoms with van der Waals surface area (Å²) in [6.45, 7) is 0. The van der Waals surface area contributed by atoms with Crippen molar-refractivity contribution in [1.29, 1.82) is 10.8 Å². The van der Waals surface area contributed by atoms with E-state index in [4.69, 9.17) is 34.0 Å². The van der Waals surface area contributed by atoms with E-state index in [1.54, 1.807) is 0 Å². The summed E-state index contributed by atoms with van der Waals surface area (Å²) in [5.74, 6) is -0.516. The van der Waals surface area contributed by atoms with Gasteiger partial charge in [-0.3, -0.25) is 4.79 Å². The molecule has 0 bridgehead atoms. The van der Waals surface area contributed by atoms with Gasteiger partial charge < -0.3 is 10.8 Å². The van der Waals surface area contributed by atoms with Crippen LogP contribution in [0.25, 0.3) is 0 Å². The lowest BCUT2D eigenvalue weighted by molar-refractivity contribution is -0.111. The minimum atomic E-state index is -1.12. The molecule has 0 aliphatic heterocycles. The van der Waals surface area contributed by atoms with Crippen LogP contribution in [-0.4, -0.2) is 22.5 Å². The second kappa shape index (κ2) is 7.04. The van der Waals surface area contributed by atoms with Gasteiger partial charge >= 0.3 is 0 Å². The number of halogens is 2. The fourth-order valence-electron chi connectivity index (χ4n) is 0.803. The summed E-state index contributed by atoms with van der Waals surface area (Å²) in [7, 11) is 0. The highest BCUT2D eigenvalue weighted by Gasteiger charge is 2.16. The number of hydrogen-bond acceptors (Lipinski definition) is 3. The van der Waals surface area contributed by atoms with Crippen molar-refractivity contribution in [3.05, 3.63) is 0 Å². The van der Waals surface area contributed by atoms with Crippen LogP contribution in [0.2, 0.25) is 0 Å². The molecule has 0 aromatic heterocycles. The van der Waals surface area contributed by atoms with E-state index >= 15 is 0 Å². The number of carbonyl (C=O) groups excluding carboxylic acids is 1. The Balaban J connectivity index is 3.62. The predicted octanol–water partition coefficient (Wildman–Crippen LogP) is 2.59. The van der Waals surface area contributed by atoms with Gasteiger partial charge in [0.25, 0.3) is 0 Å². The summed E-state index contributed by atoms with van der Waals surface area (Å²) < 4.78 is 0. The van der Waals surface area contributed by atoms with E-state index in [0.29, 0.717) is 12.8 Å². The van der Waals surface area contributed by atoms with Crippen LogP contribution < -0.4 is 0 Å². The van der Waals surface area contributed by atoms with Crippen molar-refractivity contribution in [2.24, 2.45) is 0 Å². The number of unbranched alkanes of at least 4 members (excludes halogenated alkanes) is 2. The average molecular weight is 223 g/mol. The van der Waals surface area contributed by atoms with Crippen molar-refractivity contribution >= 4 is 40.9 Å². The zero-order valence-electron chi connectivity index (χ0n) is 7.15. The maximum absolute atomic E-state index is 11.0. The lowest BCUT2D eigenvalue weighted by Gasteiger charge is -2.02. The van der Waals surface area contributed by atoms with Gasteiger partial charge in [-0.1, -0.05) is 23.2 Å². The first kappa shape index (κ1) is 12.6. The molecule has 0 aromatic rings. The average Bonchev–Trinajstić information content (AvgIpc) is 2.10. The third-order valence-electron chi connectivity index (χ3n) is 1.52. The van der Waals surface area contributed by atoms with Crippen molar-refractivity contribution < 1.29 is 4.79 Å². The van der Waals surface area contributed by atoms with Gasteiger partial charge in [0.2, 0.25) is 5.78 Å². The van der Waals surface area contributed by atoms with Gasteiger partial charge in [0, 0.05) is 0 Å². The molecule has 74 valence electrons. The fraction of sp³-hybridized carbons (Fsp3) is 0.625. The maximum Gasteiger partial charge on any atom is 0.209 e. The Morgan fingerprint density at radius 1 is 1.38 bits per heavy atom. The first-order chi connectivity index (χ1) is 6.09. The largest absolute Gasteiger partial charge is 0.313 e. The van der Waals surface area contributed by atoms with Crippen LogP contribution in [0.4, 0.5) is 0 Å². The molecule has 0 saturated carbocycles. The van der Waals surface area contributed by atoms with Gasteiger partial charge in [0.05, 0.1) is 5.71 Å². The molecule has 0 spiro atoms.